The van der Waals surface area contributed by atoms with Crippen molar-refractivity contribution in [3.8, 4) is 0 Å². The number of carboxylic acid groups (broad SMARTS) is 1. The van der Waals surface area contributed by atoms with E-state index >= 15 is 0 Å². The maximum absolute atomic E-state index is 12.2. The number of carbonyl (C=O) groups excluding carboxylic acids is 1. The van der Waals surface area contributed by atoms with E-state index < -0.39 is 5.97 Å². The molecule has 5 nitrogen and oxygen atoms in total. The molecule has 20 heavy (non-hydrogen) atoms. The molecule has 0 spiro atoms. The predicted molar refractivity (Wildman–Crippen MR) is 76.6 cm³/mol. The number of hydrogen-bond donors (Lipinski definition) is 2. The fraction of sp³-hybridized carbons (Fsp3) is 0.867. The van der Waals surface area contributed by atoms with Crippen molar-refractivity contribution in [3.63, 3.8) is 0 Å². The molecule has 114 valence electrons. The van der Waals surface area contributed by atoms with Gasteiger partial charge in [-0.1, -0.05) is 25.7 Å². The molecular weight excluding hydrogens is 256 g/mol. The smallest absolute Gasteiger partial charge is 0.317 e. The quantitative estimate of drug-likeness (QED) is 0.814. The number of amides is 2. The van der Waals surface area contributed by atoms with Crippen molar-refractivity contribution in [2.24, 2.45) is 5.41 Å². The molecule has 0 aliphatic heterocycles. The summed E-state index contributed by atoms with van der Waals surface area (Å²) in [7, 11) is 1.86. The fourth-order valence-corrected chi connectivity index (χ4v) is 3.44. The molecular formula is C15H26N2O3. The molecule has 2 aliphatic rings. The van der Waals surface area contributed by atoms with Gasteiger partial charge in [0.05, 0.1) is 6.42 Å². The van der Waals surface area contributed by atoms with Crippen LogP contribution >= 0.6 is 0 Å². The van der Waals surface area contributed by atoms with Crippen LogP contribution in [0, 0.1) is 5.41 Å². The Kier molecular flexibility index (Phi) is 4.89. The molecule has 5 heteroatoms. The second kappa shape index (κ2) is 6.46. The maximum Gasteiger partial charge on any atom is 0.317 e. The number of aliphatic carboxylic acids is 1. The van der Waals surface area contributed by atoms with Gasteiger partial charge < -0.3 is 15.3 Å². The fourth-order valence-electron chi connectivity index (χ4n) is 3.44. The zero-order valence-electron chi connectivity index (χ0n) is 12.4. The van der Waals surface area contributed by atoms with E-state index in [1.165, 1.54) is 19.3 Å². The van der Waals surface area contributed by atoms with Crippen molar-refractivity contribution in [1.82, 2.24) is 10.2 Å². The first-order chi connectivity index (χ1) is 9.52. The topological polar surface area (TPSA) is 69.6 Å². The molecule has 0 radical (unpaired) electrons. The normalized spacial score (nSPS) is 21.9. The zero-order chi connectivity index (χ0) is 14.6. The Labute approximate surface area is 120 Å². The molecule has 0 aromatic carbocycles. The lowest BCUT2D eigenvalue weighted by Crippen LogP contribution is -2.49. The molecule has 0 heterocycles. The average Bonchev–Trinajstić information content (AvgIpc) is 2.41. The number of rotatable bonds is 5. The monoisotopic (exact) mass is 282 g/mol. The molecule has 2 saturated carbocycles. The number of hydrogen-bond acceptors (Lipinski definition) is 2. The first kappa shape index (κ1) is 15.1. The molecule has 2 N–H and O–H groups in total. The van der Waals surface area contributed by atoms with E-state index in [1.54, 1.807) is 0 Å². The first-order valence-corrected chi connectivity index (χ1v) is 7.75. The van der Waals surface area contributed by atoms with Gasteiger partial charge in [-0.05, 0) is 31.1 Å². The van der Waals surface area contributed by atoms with Crippen molar-refractivity contribution in [2.75, 3.05) is 13.6 Å². The van der Waals surface area contributed by atoms with E-state index in [9.17, 15) is 9.59 Å². The summed E-state index contributed by atoms with van der Waals surface area (Å²) in [5, 5.41) is 11.9. The Morgan fingerprint density at radius 3 is 2.35 bits per heavy atom. The minimum absolute atomic E-state index is 0.0476. The Morgan fingerprint density at radius 2 is 1.85 bits per heavy atom. The van der Waals surface area contributed by atoms with Crippen molar-refractivity contribution >= 4 is 12.0 Å². The van der Waals surface area contributed by atoms with Crippen LogP contribution in [0.25, 0.3) is 0 Å². The van der Waals surface area contributed by atoms with Crippen LogP contribution in [0.3, 0.4) is 0 Å². The van der Waals surface area contributed by atoms with Crippen LogP contribution in [-0.4, -0.2) is 41.6 Å². The highest BCUT2D eigenvalue weighted by atomic mass is 16.4. The maximum atomic E-state index is 12.2. The van der Waals surface area contributed by atoms with Crippen molar-refractivity contribution in [1.29, 1.82) is 0 Å². The summed E-state index contributed by atoms with van der Waals surface area (Å²) in [6.45, 7) is 0.495. The molecule has 2 rings (SSSR count). The van der Waals surface area contributed by atoms with Crippen LogP contribution in [0.2, 0.25) is 0 Å². The van der Waals surface area contributed by atoms with Crippen molar-refractivity contribution < 1.29 is 14.7 Å². The highest BCUT2D eigenvalue weighted by Gasteiger charge is 2.39. The molecule has 2 fully saturated rings. The summed E-state index contributed by atoms with van der Waals surface area (Å²) < 4.78 is 0. The van der Waals surface area contributed by atoms with Crippen LogP contribution in [0.15, 0.2) is 0 Å². The van der Waals surface area contributed by atoms with Gasteiger partial charge in [-0.2, -0.15) is 0 Å². The standard InChI is InChI=1S/C15H26N2O3/c1-17(12-6-3-2-4-7-12)14(20)16-11-15(8-5-9-15)10-13(18)19/h12H,2-11H2,1H3,(H,16,20)(H,18,19). The highest BCUT2D eigenvalue weighted by Crippen LogP contribution is 2.43. The summed E-state index contributed by atoms with van der Waals surface area (Å²) in [5.41, 5.74) is -0.200. The van der Waals surface area contributed by atoms with Gasteiger partial charge in [0.25, 0.3) is 0 Å². The van der Waals surface area contributed by atoms with Gasteiger partial charge in [0, 0.05) is 19.6 Å². The van der Waals surface area contributed by atoms with Gasteiger partial charge in [-0.25, -0.2) is 4.79 Å². The summed E-state index contributed by atoms with van der Waals surface area (Å²) in [4.78, 5) is 24.9. The molecule has 2 amide bonds. The van der Waals surface area contributed by atoms with Crippen molar-refractivity contribution in [2.45, 2.75) is 63.8 Å². The van der Waals surface area contributed by atoms with Crippen LogP contribution < -0.4 is 5.32 Å². The summed E-state index contributed by atoms with van der Waals surface area (Å²) in [6, 6.07) is 0.300. The van der Waals surface area contributed by atoms with Gasteiger partial charge in [-0.15, -0.1) is 0 Å². The lowest BCUT2D eigenvalue weighted by molar-refractivity contribution is -0.141. The Balaban J connectivity index is 1.80. The van der Waals surface area contributed by atoms with Crippen molar-refractivity contribution in [3.05, 3.63) is 0 Å². The number of carboxylic acids is 1. The molecule has 0 aromatic heterocycles. The molecule has 0 bridgehead atoms. The minimum Gasteiger partial charge on any atom is -0.481 e. The van der Waals surface area contributed by atoms with Gasteiger partial charge in [-0.3, -0.25) is 4.79 Å². The van der Waals surface area contributed by atoms with Crippen LogP contribution in [-0.2, 0) is 4.79 Å². The van der Waals surface area contributed by atoms with E-state index in [2.05, 4.69) is 5.32 Å². The van der Waals surface area contributed by atoms with Crippen LogP contribution in [0.4, 0.5) is 4.79 Å². The van der Waals surface area contributed by atoms with E-state index in [1.807, 2.05) is 11.9 Å². The third kappa shape index (κ3) is 3.64. The molecule has 2 aliphatic carbocycles. The Bertz CT molecular complexity index is 360. The molecule has 0 saturated heterocycles. The van der Waals surface area contributed by atoms with Crippen LogP contribution in [0.5, 0.6) is 0 Å². The molecule has 0 atom stereocenters. The first-order valence-electron chi connectivity index (χ1n) is 7.75. The SMILES string of the molecule is CN(C(=O)NCC1(CC(=O)O)CCC1)C1CCCCC1. The van der Waals surface area contributed by atoms with Crippen LogP contribution in [0.1, 0.15) is 57.8 Å². The Morgan fingerprint density at radius 1 is 1.20 bits per heavy atom. The van der Waals surface area contributed by atoms with Gasteiger partial charge in [0.15, 0.2) is 0 Å². The third-order valence-corrected chi connectivity index (χ3v) is 5.00. The van der Waals surface area contributed by atoms with E-state index in [4.69, 9.17) is 5.11 Å². The summed E-state index contributed by atoms with van der Waals surface area (Å²) in [6.07, 6.45) is 8.90. The largest absolute Gasteiger partial charge is 0.481 e. The lowest BCUT2D eigenvalue weighted by atomic mass is 9.66. The van der Waals surface area contributed by atoms with E-state index in [0.29, 0.717) is 12.6 Å². The van der Waals surface area contributed by atoms with Gasteiger partial charge in [0.2, 0.25) is 0 Å². The number of nitrogens with zero attached hydrogens (tertiary/aromatic N) is 1. The van der Waals surface area contributed by atoms with E-state index in [-0.39, 0.29) is 17.9 Å². The highest BCUT2D eigenvalue weighted by molar-refractivity contribution is 5.74. The predicted octanol–water partition coefficient (Wildman–Crippen LogP) is 2.61. The van der Waals surface area contributed by atoms with E-state index in [0.717, 1.165) is 32.1 Å². The second-order valence-corrected chi connectivity index (χ2v) is 6.49. The summed E-state index contributed by atoms with van der Waals surface area (Å²) >= 11 is 0. The lowest BCUT2D eigenvalue weighted by Gasteiger charge is -2.41. The molecule has 0 aromatic rings. The number of urea groups is 1. The molecule has 0 unspecified atom stereocenters. The number of nitrogens with one attached hydrogen (secondary N) is 1. The number of carbonyl (C=O) groups is 2. The second-order valence-electron chi connectivity index (χ2n) is 6.49. The van der Waals surface area contributed by atoms with Gasteiger partial charge >= 0.3 is 12.0 Å². The van der Waals surface area contributed by atoms with Gasteiger partial charge in [0.1, 0.15) is 0 Å². The Hall–Kier alpha value is -1.26. The average molecular weight is 282 g/mol. The minimum atomic E-state index is -0.764. The zero-order valence-corrected chi connectivity index (χ0v) is 12.4. The summed E-state index contributed by atoms with van der Waals surface area (Å²) in [5.74, 6) is -0.764. The third-order valence-electron chi connectivity index (χ3n) is 5.00.